The molecule has 4 atom stereocenters. The second-order valence-electron chi connectivity index (χ2n) is 14.1. The third kappa shape index (κ3) is 19.0. The third-order valence-corrected chi connectivity index (χ3v) is 12.5. The molecular weight excluding hydrogens is 653 g/mol. The van der Waals surface area contributed by atoms with Crippen LogP contribution in [0.25, 0.3) is 0 Å². The molecule has 4 unspecified atom stereocenters. The number of aliphatic hydroxyl groups excluding tert-OH is 8. The van der Waals surface area contributed by atoms with Gasteiger partial charge in [-0.3, -0.25) is 4.79 Å². The van der Waals surface area contributed by atoms with Crippen molar-refractivity contribution in [3.8, 4) is 0 Å². The molecule has 0 saturated heterocycles. The predicted molar refractivity (Wildman–Crippen MR) is 200 cm³/mol. The van der Waals surface area contributed by atoms with Crippen LogP contribution in [0.3, 0.4) is 0 Å². The summed E-state index contributed by atoms with van der Waals surface area (Å²) in [5, 5.41) is 81.6. The minimum Gasteiger partial charge on any atom is -0.396 e. The van der Waals surface area contributed by atoms with Crippen molar-refractivity contribution in [1.29, 1.82) is 0 Å². The van der Waals surface area contributed by atoms with Crippen molar-refractivity contribution in [1.82, 2.24) is 0 Å². The molecule has 0 saturated carbocycles. The molecule has 0 aliphatic heterocycles. The highest BCUT2D eigenvalue weighted by Crippen LogP contribution is 2.33. The highest BCUT2D eigenvalue weighted by atomic mass is 32.2. The monoisotopic (exact) mass is 726 g/mol. The Morgan fingerprint density at radius 2 is 0.833 bits per heavy atom. The van der Waals surface area contributed by atoms with Crippen molar-refractivity contribution < 1.29 is 45.6 Å². The highest BCUT2D eigenvalue weighted by Gasteiger charge is 2.42. The van der Waals surface area contributed by atoms with Crippen molar-refractivity contribution in [3.05, 3.63) is 0 Å². The number of ketones is 1. The molecule has 288 valence electrons. The summed E-state index contributed by atoms with van der Waals surface area (Å²) in [5.41, 5.74) is -2.71. The largest absolute Gasteiger partial charge is 0.396 e. The molecule has 0 heterocycles. The first-order valence-corrected chi connectivity index (χ1v) is 21.2. The van der Waals surface area contributed by atoms with Gasteiger partial charge in [-0.05, 0) is 73.4 Å². The minimum absolute atomic E-state index is 0.165. The Kier molecular flexibility index (Phi) is 30.7. The Labute approximate surface area is 301 Å². The van der Waals surface area contributed by atoms with Gasteiger partial charge in [-0.2, -0.15) is 23.5 Å². The number of hydrogen-bond donors (Lipinski definition) is 8. The van der Waals surface area contributed by atoms with Gasteiger partial charge in [0.1, 0.15) is 5.78 Å². The number of hydrogen-bond acceptors (Lipinski definition) is 11. The smallest absolute Gasteiger partial charge is 0.132 e. The second-order valence-corrected chi connectivity index (χ2v) is 16.4. The van der Waals surface area contributed by atoms with Crippen molar-refractivity contribution in [2.75, 3.05) is 62.7 Å². The summed E-state index contributed by atoms with van der Waals surface area (Å²) in [7, 11) is 0. The number of aliphatic hydroxyl groups is 8. The summed E-state index contributed by atoms with van der Waals surface area (Å²) < 4.78 is 0. The van der Waals surface area contributed by atoms with E-state index in [2.05, 4.69) is 13.8 Å². The molecule has 0 bridgehead atoms. The lowest BCUT2D eigenvalue weighted by Crippen LogP contribution is -2.49. The quantitative estimate of drug-likeness (QED) is 0.0409. The van der Waals surface area contributed by atoms with Crippen LogP contribution in [0.5, 0.6) is 0 Å². The zero-order chi connectivity index (χ0) is 36.1. The van der Waals surface area contributed by atoms with E-state index in [1.54, 1.807) is 23.5 Å². The molecule has 0 aliphatic carbocycles. The van der Waals surface area contributed by atoms with Gasteiger partial charge in [0.2, 0.25) is 0 Å². The molecule has 0 spiro atoms. The number of carbonyl (C=O) groups is 1. The third-order valence-electron chi connectivity index (χ3n) is 10.0. The first kappa shape index (κ1) is 48.0. The molecule has 0 rings (SSSR count). The maximum Gasteiger partial charge on any atom is 0.132 e. The van der Waals surface area contributed by atoms with E-state index in [1.165, 1.54) is 51.4 Å². The van der Waals surface area contributed by atoms with Crippen LogP contribution in [-0.4, -0.2) is 121 Å². The number of thioether (sulfide) groups is 2. The van der Waals surface area contributed by atoms with Crippen molar-refractivity contribution >= 4 is 29.3 Å². The fourth-order valence-corrected chi connectivity index (χ4v) is 8.65. The number of Topliss-reactive ketones (excluding diaryl/α,β-unsaturated/α-hetero) is 1. The molecule has 0 amide bonds. The summed E-state index contributed by atoms with van der Waals surface area (Å²) in [6.07, 6.45) is 14.7. The topological polar surface area (TPSA) is 179 Å². The molecule has 11 heteroatoms. The van der Waals surface area contributed by atoms with E-state index in [1.807, 2.05) is 0 Å². The van der Waals surface area contributed by atoms with E-state index < -0.39 is 62.7 Å². The van der Waals surface area contributed by atoms with Crippen LogP contribution in [0.15, 0.2) is 0 Å². The van der Waals surface area contributed by atoms with E-state index in [4.69, 9.17) is 0 Å². The van der Waals surface area contributed by atoms with Crippen LogP contribution in [0.1, 0.15) is 129 Å². The van der Waals surface area contributed by atoms with Crippen molar-refractivity contribution in [2.24, 2.45) is 22.7 Å². The number of rotatable bonds is 36. The highest BCUT2D eigenvalue weighted by molar-refractivity contribution is 7.99. The van der Waals surface area contributed by atoms with Crippen molar-refractivity contribution in [2.45, 2.75) is 142 Å². The summed E-state index contributed by atoms with van der Waals surface area (Å²) in [6.45, 7) is 1.34. The predicted octanol–water partition coefficient (Wildman–Crippen LogP) is 4.96. The molecule has 0 aliphatic rings. The Bertz CT molecular complexity index is 663. The SMILES string of the molecule is CCCCCCCSCC(CCCCC(=O)CCCCC(CSCCCCCCC)C(O)C(CO)(CO)CO)C(O)C(CO)(CO)CO. The maximum absolute atomic E-state index is 12.7. The van der Waals surface area contributed by atoms with E-state index in [0.717, 1.165) is 37.2 Å². The Hall–Kier alpha value is 0.0500. The van der Waals surface area contributed by atoms with Gasteiger partial charge in [0.05, 0.1) is 62.7 Å². The molecule has 0 aromatic rings. The Balaban J connectivity index is 4.87. The lowest BCUT2D eigenvalue weighted by molar-refractivity contribution is -0.119. The fraction of sp³-hybridized carbons (Fsp3) is 0.973. The number of unbranched alkanes of at least 4 members (excludes halogenated alkanes) is 10. The fourth-order valence-electron chi connectivity index (χ4n) is 6.19. The standard InChI is InChI=1S/C37H74O9S2/c1-3-5-7-9-15-21-47-23-31(34(45)36(25-38,26-39)27-40)17-11-13-19-33(44)20-14-12-18-32(24-48-22-16-10-8-6-4-2)35(46)37(28-41,29-42)30-43/h31-32,34-35,38-43,45-46H,3-30H2,1-2H3. The van der Waals surface area contributed by atoms with Gasteiger partial charge in [0.15, 0.2) is 0 Å². The van der Waals surface area contributed by atoms with Crippen LogP contribution in [-0.2, 0) is 4.79 Å². The average Bonchev–Trinajstić information content (AvgIpc) is 3.11. The maximum atomic E-state index is 12.7. The molecular formula is C37H74O9S2. The zero-order valence-electron chi connectivity index (χ0n) is 30.4. The Morgan fingerprint density at radius 1 is 0.500 bits per heavy atom. The van der Waals surface area contributed by atoms with Gasteiger partial charge < -0.3 is 40.9 Å². The first-order valence-electron chi connectivity index (χ1n) is 18.9. The van der Waals surface area contributed by atoms with E-state index >= 15 is 0 Å². The average molecular weight is 727 g/mol. The minimum atomic E-state index is -1.36. The van der Waals surface area contributed by atoms with Gasteiger partial charge >= 0.3 is 0 Å². The van der Waals surface area contributed by atoms with E-state index in [0.29, 0.717) is 50.0 Å². The van der Waals surface area contributed by atoms with E-state index in [-0.39, 0.29) is 17.6 Å². The molecule has 0 aromatic carbocycles. The molecule has 0 radical (unpaired) electrons. The summed E-state index contributed by atoms with van der Waals surface area (Å²) >= 11 is 3.52. The van der Waals surface area contributed by atoms with Crippen LogP contribution >= 0.6 is 23.5 Å². The molecule has 0 aromatic heterocycles. The van der Waals surface area contributed by atoms with Gasteiger partial charge in [-0.15, -0.1) is 0 Å². The Morgan fingerprint density at radius 3 is 1.15 bits per heavy atom. The second kappa shape index (κ2) is 30.7. The van der Waals surface area contributed by atoms with Crippen LogP contribution in [0.4, 0.5) is 0 Å². The lowest BCUT2D eigenvalue weighted by atomic mass is 9.77. The van der Waals surface area contributed by atoms with Gasteiger partial charge in [-0.1, -0.05) is 78.1 Å². The molecule has 8 N–H and O–H groups in total. The van der Waals surface area contributed by atoms with Crippen molar-refractivity contribution in [3.63, 3.8) is 0 Å². The summed E-state index contributed by atoms with van der Waals surface area (Å²) in [5.74, 6) is 3.02. The zero-order valence-corrected chi connectivity index (χ0v) is 32.0. The normalized spacial score (nSPS) is 15.0. The van der Waals surface area contributed by atoms with Crippen LogP contribution in [0.2, 0.25) is 0 Å². The van der Waals surface area contributed by atoms with Gasteiger partial charge in [0, 0.05) is 12.8 Å². The summed E-state index contributed by atoms with van der Waals surface area (Å²) in [4.78, 5) is 12.7. The number of carbonyl (C=O) groups excluding carboxylic acids is 1. The summed E-state index contributed by atoms with van der Waals surface area (Å²) in [6, 6.07) is 0. The van der Waals surface area contributed by atoms with Crippen LogP contribution in [0, 0.1) is 22.7 Å². The van der Waals surface area contributed by atoms with Gasteiger partial charge in [0.25, 0.3) is 0 Å². The van der Waals surface area contributed by atoms with Crippen LogP contribution < -0.4 is 0 Å². The first-order chi connectivity index (χ1) is 23.2. The lowest BCUT2D eigenvalue weighted by Gasteiger charge is -2.37. The molecule has 0 fully saturated rings. The van der Waals surface area contributed by atoms with E-state index in [9.17, 15) is 45.6 Å². The molecule has 48 heavy (non-hydrogen) atoms. The molecule has 9 nitrogen and oxygen atoms in total. The van der Waals surface area contributed by atoms with Gasteiger partial charge in [-0.25, -0.2) is 0 Å².